The van der Waals surface area contributed by atoms with Crippen LogP contribution in [0.3, 0.4) is 0 Å². The van der Waals surface area contributed by atoms with E-state index in [9.17, 15) is 14.7 Å². The molecule has 0 bridgehead atoms. The minimum absolute atomic E-state index is 0.0539. The van der Waals surface area contributed by atoms with E-state index in [0.717, 1.165) is 42.0 Å². The first-order valence-corrected chi connectivity index (χ1v) is 9.39. The van der Waals surface area contributed by atoms with Crippen molar-refractivity contribution < 1.29 is 14.7 Å². The lowest BCUT2D eigenvalue weighted by atomic mass is 9.82. The molecule has 0 unspecified atom stereocenters. The van der Waals surface area contributed by atoms with Crippen LogP contribution in [0.2, 0.25) is 0 Å². The predicted octanol–water partition coefficient (Wildman–Crippen LogP) is 3.88. The molecule has 5 nitrogen and oxygen atoms in total. The summed E-state index contributed by atoms with van der Waals surface area (Å²) in [6.45, 7) is 8.13. The maximum absolute atomic E-state index is 12.7. The highest BCUT2D eigenvalue weighted by Gasteiger charge is 2.30. The zero-order valence-electron chi connectivity index (χ0n) is 15.3. The molecule has 0 spiro atoms. The summed E-state index contributed by atoms with van der Waals surface area (Å²) in [5.41, 5.74) is 0.0456. The minimum atomic E-state index is -1.09. The van der Waals surface area contributed by atoms with Gasteiger partial charge in [0.05, 0.1) is 10.6 Å². The van der Waals surface area contributed by atoms with Gasteiger partial charge >= 0.3 is 5.97 Å². The molecule has 2 rings (SSSR count). The van der Waals surface area contributed by atoms with Gasteiger partial charge in [0, 0.05) is 11.3 Å². The maximum atomic E-state index is 12.7. The first-order chi connectivity index (χ1) is 11.6. The number of nitrogens with zero attached hydrogens (tertiary/aromatic N) is 1. The number of hydrogen-bond donors (Lipinski definition) is 2. The zero-order chi connectivity index (χ0) is 18.8. The van der Waals surface area contributed by atoms with Gasteiger partial charge in [-0.25, -0.2) is 15.6 Å². The normalized spacial score (nSPS) is 20.5. The quantitative estimate of drug-likeness (QED) is 0.370. The number of carboxylic acid groups (broad SMARTS) is 1. The average Bonchev–Trinajstić information content (AvgIpc) is 2.96. The van der Waals surface area contributed by atoms with Gasteiger partial charge in [-0.2, -0.15) is 0 Å². The molecular weight excluding hydrogens is 336 g/mol. The highest BCUT2D eigenvalue weighted by Crippen LogP contribution is 2.33. The third-order valence-corrected chi connectivity index (χ3v) is 5.36. The number of carbonyl (C=O) groups excluding carboxylic acids is 1. The lowest BCUT2D eigenvalue weighted by molar-refractivity contribution is -0.123. The molecule has 1 heterocycles. The second-order valence-corrected chi connectivity index (χ2v) is 8.85. The van der Waals surface area contributed by atoms with E-state index in [1.165, 1.54) is 0 Å². The van der Waals surface area contributed by atoms with E-state index in [-0.39, 0.29) is 27.8 Å². The Kier molecular flexibility index (Phi) is 5.91. The summed E-state index contributed by atoms with van der Waals surface area (Å²) < 4.78 is 0. The van der Waals surface area contributed by atoms with E-state index in [2.05, 4.69) is 18.8 Å². The van der Waals surface area contributed by atoms with Crippen LogP contribution in [0, 0.1) is 29.1 Å². The Morgan fingerprint density at radius 3 is 2.40 bits per heavy atom. The molecule has 0 saturated heterocycles. The standard InChI is InChI=1S/C19H26N2O3S/c1-12-5-7-13(8-6-12)17(22)21(20)15-11-14(9-10-19(2,3)4)25-16(15)18(23)24/h11-13H,5-8,20H2,1-4H3,(H,23,24). The van der Waals surface area contributed by atoms with E-state index in [0.29, 0.717) is 10.8 Å². The highest BCUT2D eigenvalue weighted by molar-refractivity contribution is 7.15. The van der Waals surface area contributed by atoms with Crippen molar-refractivity contribution in [1.29, 1.82) is 0 Å². The monoisotopic (exact) mass is 362 g/mol. The van der Waals surface area contributed by atoms with Crippen LogP contribution in [0.4, 0.5) is 5.69 Å². The zero-order valence-corrected chi connectivity index (χ0v) is 16.1. The van der Waals surface area contributed by atoms with Crippen LogP contribution in [0.5, 0.6) is 0 Å². The molecule has 1 saturated carbocycles. The van der Waals surface area contributed by atoms with Crippen molar-refractivity contribution in [3.8, 4) is 11.8 Å². The van der Waals surface area contributed by atoms with Crippen LogP contribution < -0.4 is 10.9 Å². The second-order valence-electron chi connectivity index (χ2n) is 7.80. The number of amides is 1. The maximum Gasteiger partial charge on any atom is 0.348 e. The number of hydrazine groups is 1. The third kappa shape index (κ3) is 5.07. The van der Waals surface area contributed by atoms with Gasteiger partial charge in [-0.3, -0.25) is 4.79 Å². The minimum Gasteiger partial charge on any atom is -0.477 e. The van der Waals surface area contributed by atoms with Crippen LogP contribution in [-0.4, -0.2) is 17.0 Å². The largest absolute Gasteiger partial charge is 0.477 e. The number of rotatable bonds is 3. The van der Waals surface area contributed by atoms with Crippen molar-refractivity contribution in [3.05, 3.63) is 15.8 Å². The SMILES string of the molecule is CC1CCC(C(=O)N(N)c2cc(C#CC(C)(C)C)sc2C(=O)O)CC1. The number of anilines is 1. The Morgan fingerprint density at radius 2 is 1.88 bits per heavy atom. The molecule has 3 N–H and O–H groups in total. The van der Waals surface area contributed by atoms with E-state index < -0.39 is 5.97 Å². The Hall–Kier alpha value is -1.84. The van der Waals surface area contributed by atoms with E-state index in [1.807, 2.05) is 20.8 Å². The van der Waals surface area contributed by atoms with Crippen molar-refractivity contribution in [3.63, 3.8) is 0 Å². The molecule has 136 valence electrons. The Morgan fingerprint density at radius 1 is 1.28 bits per heavy atom. The Labute approximate surface area is 153 Å². The molecule has 1 aliphatic rings. The smallest absolute Gasteiger partial charge is 0.348 e. The van der Waals surface area contributed by atoms with Gasteiger partial charge in [0.1, 0.15) is 4.88 Å². The number of carboxylic acids is 1. The molecule has 6 heteroatoms. The number of aromatic carboxylic acids is 1. The number of thiophene rings is 1. The topological polar surface area (TPSA) is 83.6 Å². The first-order valence-electron chi connectivity index (χ1n) is 8.57. The van der Waals surface area contributed by atoms with Gasteiger partial charge in [0.25, 0.3) is 0 Å². The second kappa shape index (κ2) is 7.59. The molecule has 1 aliphatic carbocycles. The van der Waals surface area contributed by atoms with Crippen molar-refractivity contribution in [2.24, 2.45) is 23.1 Å². The Bertz CT molecular complexity index is 713. The van der Waals surface area contributed by atoms with Crippen LogP contribution in [-0.2, 0) is 4.79 Å². The number of carbonyl (C=O) groups is 2. The molecule has 0 radical (unpaired) electrons. The van der Waals surface area contributed by atoms with Crippen molar-refractivity contribution in [2.75, 3.05) is 5.01 Å². The van der Waals surface area contributed by atoms with Crippen molar-refractivity contribution in [2.45, 2.75) is 53.4 Å². The Balaban J connectivity index is 2.26. The number of hydrogen-bond acceptors (Lipinski definition) is 4. The van der Waals surface area contributed by atoms with E-state index in [1.54, 1.807) is 6.07 Å². The molecule has 0 aromatic carbocycles. The van der Waals surface area contributed by atoms with Gasteiger partial charge in [-0.05, 0) is 58.4 Å². The molecule has 1 fully saturated rings. The summed E-state index contributed by atoms with van der Waals surface area (Å²) in [6.07, 6.45) is 3.61. The molecule has 1 amide bonds. The summed E-state index contributed by atoms with van der Waals surface area (Å²) in [4.78, 5) is 24.9. The van der Waals surface area contributed by atoms with Crippen molar-refractivity contribution in [1.82, 2.24) is 0 Å². The molecule has 1 aromatic rings. The van der Waals surface area contributed by atoms with Crippen LogP contribution in [0.15, 0.2) is 6.07 Å². The summed E-state index contributed by atoms with van der Waals surface area (Å²) in [5, 5.41) is 10.5. The highest BCUT2D eigenvalue weighted by atomic mass is 32.1. The summed E-state index contributed by atoms with van der Waals surface area (Å²) >= 11 is 1.05. The number of nitrogens with two attached hydrogens (primary N) is 1. The van der Waals surface area contributed by atoms with Crippen molar-refractivity contribution >= 4 is 28.9 Å². The van der Waals surface area contributed by atoms with Crippen LogP contribution in [0.25, 0.3) is 0 Å². The fourth-order valence-electron chi connectivity index (χ4n) is 2.85. The van der Waals surface area contributed by atoms with Gasteiger partial charge in [0.2, 0.25) is 5.91 Å². The van der Waals surface area contributed by atoms with Gasteiger partial charge < -0.3 is 5.11 Å². The molecule has 25 heavy (non-hydrogen) atoms. The lowest BCUT2D eigenvalue weighted by Gasteiger charge is -2.28. The van der Waals surface area contributed by atoms with Crippen LogP contribution in [0.1, 0.15) is 67.9 Å². The summed E-state index contributed by atoms with van der Waals surface area (Å²) in [5.74, 6) is 11.3. The van der Waals surface area contributed by atoms with E-state index in [4.69, 9.17) is 5.84 Å². The predicted molar refractivity (Wildman–Crippen MR) is 100 cm³/mol. The summed E-state index contributed by atoms with van der Waals surface area (Å²) in [7, 11) is 0. The van der Waals surface area contributed by atoms with Gasteiger partial charge in [-0.15, -0.1) is 11.3 Å². The fourth-order valence-corrected chi connectivity index (χ4v) is 3.69. The van der Waals surface area contributed by atoms with E-state index >= 15 is 0 Å². The molecular formula is C19H26N2O3S. The summed E-state index contributed by atoms with van der Waals surface area (Å²) in [6, 6.07) is 1.61. The van der Waals surface area contributed by atoms with Crippen LogP contribution >= 0.6 is 11.3 Å². The molecule has 0 atom stereocenters. The molecule has 0 aliphatic heterocycles. The lowest BCUT2D eigenvalue weighted by Crippen LogP contribution is -2.43. The third-order valence-electron chi connectivity index (χ3n) is 4.33. The van der Waals surface area contributed by atoms with Gasteiger partial charge in [-0.1, -0.05) is 18.8 Å². The first kappa shape index (κ1) is 19.5. The van der Waals surface area contributed by atoms with Gasteiger partial charge in [0.15, 0.2) is 0 Å². The fraction of sp³-hybridized carbons (Fsp3) is 0.579. The molecule has 1 aromatic heterocycles. The average molecular weight is 362 g/mol.